The minimum absolute atomic E-state index is 0.0647. The summed E-state index contributed by atoms with van der Waals surface area (Å²) in [4.78, 5) is 24.0. The van der Waals surface area contributed by atoms with E-state index < -0.39 is 6.10 Å². The number of allylic oxidation sites excluding steroid dienone is 2. The molecule has 0 saturated heterocycles. The lowest BCUT2D eigenvalue weighted by atomic mass is 10.1. The zero-order valence-corrected chi connectivity index (χ0v) is 24.5. The molecule has 218 valence electrons. The van der Waals surface area contributed by atoms with Crippen molar-refractivity contribution in [1.29, 1.82) is 0 Å². The van der Waals surface area contributed by atoms with Gasteiger partial charge in [-0.05, 0) is 38.5 Å². The van der Waals surface area contributed by atoms with Gasteiger partial charge in [-0.1, -0.05) is 122 Å². The Kier molecular flexibility index (Phi) is 28.1. The second kappa shape index (κ2) is 29.2. The summed E-state index contributed by atoms with van der Waals surface area (Å²) in [5.74, 6) is -0.602. The van der Waals surface area contributed by atoms with Crippen molar-refractivity contribution in [3.8, 4) is 0 Å². The van der Waals surface area contributed by atoms with Crippen LogP contribution in [0, 0.1) is 0 Å². The third-order valence-corrected chi connectivity index (χ3v) is 6.81. The minimum Gasteiger partial charge on any atom is -0.462 e. The highest BCUT2D eigenvalue weighted by Gasteiger charge is 2.16. The molecule has 0 aliphatic carbocycles. The maximum Gasteiger partial charge on any atom is 0.306 e. The fourth-order valence-corrected chi connectivity index (χ4v) is 4.37. The minimum atomic E-state index is -0.766. The molecule has 0 aliphatic rings. The molecule has 0 aromatic carbocycles. The Hall–Kier alpha value is -1.36. The van der Waals surface area contributed by atoms with E-state index in [1.165, 1.54) is 89.9 Å². The highest BCUT2D eigenvalue weighted by molar-refractivity contribution is 5.70. The smallest absolute Gasteiger partial charge is 0.306 e. The van der Waals surface area contributed by atoms with Crippen molar-refractivity contribution >= 4 is 11.9 Å². The Balaban J connectivity index is 3.59. The topological polar surface area (TPSA) is 72.8 Å². The molecule has 0 aromatic heterocycles. The fraction of sp³-hybridized carbons (Fsp3) is 0.875. The van der Waals surface area contributed by atoms with Gasteiger partial charge in [0.05, 0.1) is 6.61 Å². The van der Waals surface area contributed by atoms with E-state index in [2.05, 4.69) is 26.0 Å². The van der Waals surface area contributed by atoms with E-state index in [9.17, 15) is 14.7 Å². The van der Waals surface area contributed by atoms with Crippen LogP contribution in [0.1, 0.15) is 162 Å². The summed E-state index contributed by atoms with van der Waals surface area (Å²) in [5, 5.41) is 9.46. The lowest BCUT2D eigenvalue weighted by molar-refractivity contribution is -0.161. The molecule has 0 unspecified atom stereocenters. The van der Waals surface area contributed by atoms with Gasteiger partial charge in [-0.25, -0.2) is 0 Å². The number of carbonyl (C=O) groups excluding carboxylic acids is 2. The quantitative estimate of drug-likeness (QED) is 0.0628. The van der Waals surface area contributed by atoms with Crippen LogP contribution in [0.5, 0.6) is 0 Å². The molecule has 0 aromatic rings. The molecule has 0 heterocycles. The average molecular weight is 525 g/mol. The van der Waals surface area contributed by atoms with Crippen LogP contribution in [-0.4, -0.2) is 36.4 Å². The van der Waals surface area contributed by atoms with Crippen molar-refractivity contribution in [3.63, 3.8) is 0 Å². The number of aliphatic hydroxyl groups excluding tert-OH is 1. The first kappa shape index (κ1) is 35.6. The van der Waals surface area contributed by atoms with Gasteiger partial charge >= 0.3 is 11.9 Å². The van der Waals surface area contributed by atoms with Gasteiger partial charge in [-0.2, -0.15) is 0 Å². The Morgan fingerprint density at radius 2 is 1.00 bits per heavy atom. The maximum atomic E-state index is 12.0. The number of unbranched alkanes of at least 4 members (excludes halogenated alkanes) is 18. The summed E-state index contributed by atoms with van der Waals surface area (Å²) >= 11 is 0. The van der Waals surface area contributed by atoms with Crippen molar-refractivity contribution in [2.75, 3.05) is 13.2 Å². The molecule has 0 bridgehead atoms. The summed E-state index contributed by atoms with van der Waals surface area (Å²) in [6, 6.07) is 0. The highest BCUT2D eigenvalue weighted by atomic mass is 16.6. The monoisotopic (exact) mass is 524 g/mol. The van der Waals surface area contributed by atoms with Crippen LogP contribution in [0.4, 0.5) is 0 Å². The Labute approximate surface area is 229 Å². The first-order valence-corrected chi connectivity index (χ1v) is 15.7. The van der Waals surface area contributed by atoms with Crippen molar-refractivity contribution in [2.45, 2.75) is 168 Å². The fourth-order valence-electron chi connectivity index (χ4n) is 4.37. The summed E-state index contributed by atoms with van der Waals surface area (Å²) in [7, 11) is 0. The molecular weight excluding hydrogens is 464 g/mol. The SMILES string of the molecule is CCCCCCC/C=C/CCCCCCCC(=O)O[C@@H](CO)COC(=O)CCCCCCCCCCC. The number of carbonyl (C=O) groups is 2. The molecular formula is C32H60O5. The Morgan fingerprint density at radius 1 is 0.595 bits per heavy atom. The van der Waals surface area contributed by atoms with Crippen LogP contribution < -0.4 is 0 Å². The van der Waals surface area contributed by atoms with E-state index in [0.29, 0.717) is 12.8 Å². The van der Waals surface area contributed by atoms with Crippen molar-refractivity contribution in [1.82, 2.24) is 0 Å². The number of ether oxygens (including phenoxy) is 2. The third kappa shape index (κ3) is 27.5. The van der Waals surface area contributed by atoms with E-state index in [1.807, 2.05) is 0 Å². The van der Waals surface area contributed by atoms with Gasteiger partial charge < -0.3 is 14.6 Å². The van der Waals surface area contributed by atoms with Crippen LogP contribution in [0.15, 0.2) is 12.2 Å². The van der Waals surface area contributed by atoms with Gasteiger partial charge in [0.15, 0.2) is 6.10 Å². The number of rotatable bonds is 28. The van der Waals surface area contributed by atoms with E-state index in [0.717, 1.165) is 44.9 Å². The van der Waals surface area contributed by atoms with Crippen LogP contribution in [0.2, 0.25) is 0 Å². The predicted molar refractivity (Wildman–Crippen MR) is 155 cm³/mol. The number of esters is 2. The third-order valence-electron chi connectivity index (χ3n) is 6.81. The van der Waals surface area contributed by atoms with Crippen LogP contribution in [-0.2, 0) is 19.1 Å². The molecule has 1 N–H and O–H groups in total. The van der Waals surface area contributed by atoms with Crippen LogP contribution in [0.3, 0.4) is 0 Å². The lowest BCUT2D eigenvalue weighted by Gasteiger charge is -2.15. The normalized spacial score (nSPS) is 12.2. The zero-order chi connectivity index (χ0) is 27.2. The van der Waals surface area contributed by atoms with Crippen LogP contribution >= 0.6 is 0 Å². The highest BCUT2D eigenvalue weighted by Crippen LogP contribution is 2.12. The molecule has 0 amide bonds. The van der Waals surface area contributed by atoms with Gasteiger partial charge in [-0.3, -0.25) is 9.59 Å². The Morgan fingerprint density at radius 3 is 1.46 bits per heavy atom. The second-order valence-electron chi connectivity index (χ2n) is 10.5. The molecule has 0 radical (unpaired) electrons. The summed E-state index contributed by atoms with van der Waals surface area (Å²) < 4.78 is 10.5. The van der Waals surface area contributed by atoms with E-state index in [-0.39, 0.29) is 25.2 Å². The number of aliphatic hydroxyl groups is 1. The van der Waals surface area contributed by atoms with E-state index in [4.69, 9.17) is 9.47 Å². The van der Waals surface area contributed by atoms with E-state index >= 15 is 0 Å². The number of hydrogen-bond acceptors (Lipinski definition) is 5. The standard InChI is InChI=1S/C32H60O5/c1-3-5-7-9-11-13-14-15-16-17-19-21-23-25-27-32(35)37-30(28-33)29-36-31(34)26-24-22-20-18-12-10-8-6-4-2/h14-15,30,33H,3-13,16-29H2,1-2H3/b15-14+/t30-/m0/s1. The van der Waals surface area contributed by atoms with Crippen molar-refractivity contribution < 1.29 is 24.2 Å². The first-order valence-electron chi connectivity index (χ1n) is 15.7. The molecule has 0 saturated carbocycles. The van der Waals surface area contributed by atoms with Gasteiger partial charge in [-0.15, -0.1) is 0 Å². The molecule has 5 nitrogen and oxygen atoms in total. The maximum absolute atomic E-state index is 12.0. The molecule has 1 atom stereocenters. The largest absolute Gasteiger partial charge is 0.462 e. The lowest BCUT2D eigenvalue weighted by Crippen LogP contribution is -2.28. The summed E-state index contributed by atoms with van der Waals surface area (Å²) in [6.07, 6.45) is 29.8. The van der Waals surface area contributed by atoms with Gasteiger partial charge in [0, 0.05) is 12.8 Å². The van der Waals surface area contributed by atoms with Crippen molar-refractivity contribution in [2.24, 2.45) is 0 Å². The van der Waals surface area contributed by atoms with Gasteiger partial charge in [0.25, 0.3) is 0 Å². The predicted octanol–water partition coefficient (Wildman–Crippen LogP) is 9.00. The second-order valence-corrected chi connectivity index (χ2v) is 10.5. The molecule has 0 spiro atoms. The van der Waals surface area contributed by atoms with E-state index in [1.54, 1.807) is 0 Å². The van der Waals surface area contributed by atoms with Crippen molar-refractivity contribution in [3.05, 3.63) is 12.2 Å². The molecule has 0 aliphatic heterocycles. The molecule has 0 fully saturated rings. The first-order chi connectivity index (χ1) is 18.1. The molecule has 37 heavy (non-hydrogen) atoms. The average Bonchev–Trinajstić information content (AvgIpc) is 2.90. The molecule has 5 heteroatoms. The number of hydrogen-bond donors (Lipinski definition) is 1. The summed E-state index contributed by atoms with van der Waals surface area (Å²) in [5.41, 5.74) is 0. The van der Waals surface area contributed by atoms with Gasteiger partial charge in [0.1, 0.15) is 6.61 Å². The molecule has 0 rings (SSSR count). The van der Waals surface area contributed by atoms with Crippen LogP contribution in [0.25, 0.3) is 0 Å². The summed E-state index contributed by atoms with van der Waals surface area (Å²) in [6.45, 7) is 4.08. The van der Waals surface area contributed by atoms with Gasteiger partial charge in [0.2, 0.25) is 0 Å². The Bertz CT molecular complexity index is 531. The zero-order valence-electron chi connectivity index (χ0n) is 24.5.